The van der Waals surface area contributed by atoms with Gasteiger partial charge in [0.2, 0.25) is 5.92 Å². The van der Waals surface area contributed by atoms with Crippen LogP contribution in [0.5, 0.6) is 0 Å². The summed E-state index contributed by atoms with van der Waals surface area (Å²) in [5.41, 5.74) is 1.18. The molecule has 1 aliphatic heterocycles. The van der Waals surface area contributed by atoms with Crippen molar-refractivity contribution >= 4 is 0 Å². The molecule has 1 saturated heterocycles. The van der Waals surface area contributed by atoms with Gasteiger partial charge in [-0.05, 0) is 95.1 Å². The molecule has 192 valence electrons. The van der Waals surface area contributed by atoms with Gasteiger partial charge in [-0.2, -0.15) is 0 Å². The molecule has 3 fully saturated rings. The minimum absolute atomic E-state index is 0.0922. The van der Waals surface area contributed by atoms with E-state index in [1.807, 2.05) is 0 Å². The molecule has 0 spiro atoms. The van der Waals surface area contributed by atoms with Crippen LogP contribution < -0.4 is 0 Å². The molecule has 0 bridgehead atoms. The summed E-state index contributed by atoms with van der Waals surface area (Å²) in [6.45, 7) is 23.1. The number of nitrogens with zero attached hydrogens (tertiary/aromatic N) is 1. The van der Waals surface area contributed by atoms with Crippen molar-refractivity contribution in [2.75, 3.05) is 13.1 Å². The average molecular weight is 458 g/mol. The maximum atomic E-state index is 12.8. The van der Waals surface area contributed by atoms with Crippen LogP contribution in [0.1, 0.15) is 139 Å². The highest BCUT2D eigenvalue weighted by molar-refractivity contribution is 4.83. The summed E-state index contributed by atoms with van der Waals surface area (Å²) in [5.74, 6) is -0.889. The first-order valence-electron chi connectivity index (χ1n) is 13.7. The first-order chi connectivity index (χ1) is 14.5. The first-order valence-corrected chi connectivity index (χ1v) is 13.7. The predicted molar refractivity (Wildman–Crippen MR) is 138 cm³/mol. The minimum atomic E-state index is -2.37. The Balaban J connectivity index is 0.000000241. The summed E-state index contributed by atoms with van der Waals surface area (Å²) in [7, 11) is 0. The Morgan fingerprint density at radius 3 is 1.25 bits per heavy atom. The molecular weight excluding hydrogens is 400 g/mol. The fourth-order valence-electron chi connectivity index (χ4n) is 5.44. The van der Waals surface area contributed by atoms with Crippen molar-refractivity contribution in [1.29, 1.82) is 0 Å². The quantitative estimate of drug-likeness (QED) is 0.350. The van der Waals surface area contributed by atoms with E-state index >= 15 is 0 Å². The van der Waals surface area contributed by atoms with Crippen LogP contribution in [0.4, 0.5) is 8.78 Å². The van der Waals surface area contributed by atoms with Crippen LogP contribution in [0.2, 0.25) is 0 Å². The molecule has 3 heteroatoms. The highest BCUT2D eigenvalue weighted by Crippen LogP contribution is 2.43. The highest BCUT2D eigenvalue weighted by Gasteiger charge is 2.38. The number of halogens is 2. The molecule has 32 heavy (non-hydrogen) atoms. The molecule has 3 rings (SSSR count). The Bertz CT molecular complexity index is 457. The van der Waals surface area contributed by atoms with E-state index in [9.17, 15) is 8.78 Å². The predicted octanol–water partition coefficient (Wildman–Crippen LogP) is 9.74. The van der Waals surface area contributed by atoms with E-state index in [0.717, 1.165) is 5.92 Å². The summed E-state index contributed by atoms with van der Waals surface area (Å²) < 4.78 is 25.5. The van der Waals surface area contributed by atoms with Gasteiger partial charge >= 0.3 is 0 Å². The molecule has 0 aromatic heterocycles. The van der Waals surface area contributed by atoms with Crippen molar-refractivity contribution in [3.05, 3.63) is 0 Å². The highest BCUT2D eigenvalue weighted by atomic mass is 19.3. The Morgan fingerprint density at radius 1 is 0.562 bits per heavy atom. The van der Waals surface area contributed by atoms with E-state index in [2.05, 4.69) is 67.2 Å². The Hall–Kier alpha value is -0.180. The number of piperidine rings is 1. The zero-order chi connectivity index (χ0) is 24.6. The third-order valence-electron chi connectivity index (χ3n) is 8.08. The Morgan fingerprint density at radius 2 is 0.938 bits per heavy atom. The minimum Gasteiger partial charge on any atom is -0.298 e. The summed E-state index contributed by atoms with van der Waals surface area (Å²) in [6.07, 6.45) is 13.2. The van der Waals surface area contributed by atoms with Crippen molar-refractivity contribution in [3.63, 3.8) is 0 Å². The largest absolute Gasteiger partial charge is 0.298 e. The molecule has 2 saturated carbocycles. The van der Waals surface area contributed by atoms with E-state index in [-0.39, 0.29) is 18.3 Å². The van der Waals surface area contributed by atoms with Crippen molar-refractivity contribution < 1.29 is 8.78 Å². The summed E-state index contributed by atoms with van der Waals surface area (Å²) in [4.78, 5) is 2.58. The zero-order valence-corrected chi connectivity index (χ0v) is 23.3. The molecule has 1 nitrogen and oxygen atoms in total. The molecule has 0 aromatic rings. The molecule has 0 radical (unpaired) electrons. The maximum Gasteiger partial charge on any atom is 0.248 e. The molecule has 0 atom stereocenters. The maximum absolute atomic E-state index is 12.8. The van der Waals surface area contributed by atoms with Gasteiger partial charge in [0, 0.05) is 18.4 Å². The number of likely N-dealkylation sites (tertiary alicyclic amines) is 1. The number of rotatable bonds is 0. The van der Waals surface area contributed by atoms with Gasteiger partial charge in [-0.1, -0.05) is 67.2 Å². The van der Waals surface area contributed by atoms with E-state index in [1.54, 1.807) is 0 Å². The monoisotopic (exact) mass is 457 g/mol. The van der Waals surface area contributed by atoms with Gasteiger partial charge in [0.1, 0.15) is 0 Å². The third kappa shape index (κ3) is 11.8. The van der Waals surface area contributed by atoms with Crippen LogP contribution >= 0.6 is 0 Å². The van der Waals surface area contributed by atoms with E-state index in [1.165, 1.54) is 64.5 Å². The molecular formula is C29H57F2N. The zero-order valence-electron chi connectivity index (χ0n) is 23.3. The lowest BCUT2D eigenvalue weighted by molar-refractivity contribution is -0.0582. The van der Waals surface area contributed by atoms with Gasteiger partial charge in [0.15, 0.2) is 0 Å². The van der Waals surface area contributed by atoms with E-state index in [4.69, 9.17) is 0 Å². The number of hydrogen-bond acceptors (Lipinski definition) is 1. The van der Waals surface area contributed by atoms with Crippen LogP contribution in [-0.2, 0) is 0 Å². The van der Waals surface area contributed by atoms with Gasteiger partial charge in [0.05, 0.1) is 0 Å². The summed E-state index contributed by atoms with van der Waals surface area (Å²) in [5, 5.41) is 0. The van der Waals surface area contributed by atoms with Crippen molar-refractivity contribution in [1.82, 2.24) is 4.90 Å². The molecule has 3 aliphatic rings. The lowest BCUT2D eigenvalue weighted by Crippen LogP contribution is -2.44. The second-order valence-electron chi connectivity index (χ2n) is 13.9. The number of hydrogen-bond donors (Lipinski definition) is 0. The van der Waals surface area contributed by atoms with Crippen LogP contribution in [0.15, 0.2) is 0 Å². The standard InChI is InChI=1S/C10H18F2.C10H20.C9H19N/c1-9(2,3)8-4-6-10(11,12)7-5-8;1-10(2,3)9-7-5-4-6-8-9;1-9(2,3)10-7-5-4-6-8-10/h8H,4-7H2,1-3H3;9H,4-8H2,1-3H3;4-8H2,1-3H3. The molecule has 0 unspecified atom stereocenters. The smallest absolute Gasteiger partial charge is 0.248 e. The second kappa shape index (κ2) is 12.5. The van der Waals surface area contributed by atoms with Crippen molar-refractivity contribution in [2.24, 2.45) is 22.7 Å². The molecule has 0 amide bonds. The fourth-order valence-corrected chi connectivity index (χ4v) is 5.44. The SMILES string of the molecule is CC(C)(C)C1CCC(F)(F)CC1.CC(C)(C)C1CCCCC1.CC(C)(C)N1CCCCC1. The van der Waals surface area contributed by atoms with Crippen LogP contribution in [0.3, 0.4) is 0 Å². The Labute approximate surface area is 200 Å². The van der Waals surface area contributed by atoms with E-state index in [0.29, 0.717) is 29.7 Å². The normalized spacial score (nSPS) is 24.1. The second-order valence-corrected chi connectivity index (χ2v) is 13.9. The summed E-state index contributed by atoms with van der Waals surface area (Å²) in [6, 6.07) is 0. The molecule has 1 heterocycles. The average Bonchev–Trinajstić information content (AvgIpc) is 2.68. The summed E-state index contributed by atoms with van der Waals surface area (Å²) >= 11 is 0. The topological polar surface area (TPSA) is 3.24 Å². The Kier molecular flexibility index (Phi) is 11.7. The third-order valence-corrected chi connectivity index (χ3v) is 8.08. The van der Waals surface area contributed by atoms with Crippen LogP contribution in [-0.4, -0.2) is 29.5 Å². The first kappa shape index (κ1) is 29.9. The molecule has 2 aliphatic carbocycles. The van der Waals surface area contributed by atoms with Gasteiger partial charge < -0.3 is 0 Å². The van der Waals surface area contributed by atoms with Gasteiger partial charge in [-0.3, -0.25) is 4.90 Å². The molecule has 0 N–H and O–H groups in total. The van der Waals surface area contributed by atoms with Gasteiger partial charge in [-0.15, -0.1) is 0 Å². The van der Waals surface area contributed by atoms with Crippen LogP contribution in [0, 0.1) is 22.7 Å². The van der Waals surface area contributed by atoms with Crippen LogP contribution in [0.25, 0.3) is 0 Å². The molecule has 0 aromatic carbocycles. The van der Waals surface area contributed by atoms with E-state index < -0.39 is 5.92 Å². The van der Waals surface area contributed by atoms with Gasteiger partial charge in [0.25, 0.3) is 0 Å². The van der Waals surface area contributed by atoms with Crippen molar-refractivity contribution in [3.8, 4) is 0 Å². The van der Waals surface area contributed by atoms with Crippen molar-refractivity contribution in [2.45, 2.75) is 151 Å². The fraction of sp³-hybridized carbons (Fsp3) is 1.00. The van der Waals surface area contributed by atoms with Gasteiger partial charge in [-0.25, -0.2) is 8.78 Å². The lowest BCUT2D eigenvalue weighted by Gasteiger charge is -2.38. The lowest BCUT2D eigenvalue weighted by atomic mass is 9.71. The number of alkyl halides is 2.